The van der Waals surface area contributed by atoms with Gasteiger partial charge < -0.3 is 9.64 Å². The third kappa shape index (κ3) is 3.83. The van der Waals surface area contributed by atoms with Crippen molar-refractivity contribution >= 4 is 17.5 Å². The lowest BCUT2D eigenvalue weighted by Crippen LogP contribution is -2.50. The first-order valence-corrected chi connectivity index (χ1v) is 10.8. The number of tetrazole rings is 1. The molecule has 0 spiro atoms. The SMILES string of the molecule is CC1COCC(C)N1c1ncc(-c2nnnn2-c2ccccc2)c(-c2cccc(Cl)c2)n1. The predicted molar refractivity (Wildman–Crippen MR) is 123 cm³/mol. The van der Waals surface area contributed by atoms with Crippen LogP contribution in [-0.4, -0.2) is 55.5 Å². The van der Waals surface area contributed by atoms with Crippen molar-refractivity contribution < 1.29 is 4.74 Å². The second-order valence-electron chi connectivity index (χ2n) is 7.84. The Balaban J connectivity index is 1.68. The summed E-state index contributed by atoms with van der Waals surface area (Å²) in [5, 5.41) is 13.0. The predicted octanol–water partition coefficient (Wildman–Crippen LogP) is 4.05. The normalized spacial score (nSPS) is 18.7. The van der Waals surface area contributed by atoms with E-state index in [4.69, 9.17) is 26.3 Å². The van der Waals surface area contributed by atoms with E-state index in [1.807, 2.05) is 54.6 Å². The van der Waals surface area contributed by atoms with E-state index in [0.717, 1.165) is 22.5 Å². The Morgan fingerprint density at radius 2 is 1.78 bits per heavy atom. The van der Waals surface area contributed by atoms with Crippen LogP contribution in [0.4, 0.5) is 5.95 Å². The fraction of sp³-hybridized carbons (Fsp3) is 0.261. The summed E-state index contributed by atoms with van der Waals surface area (Å²) in [6.07, 6.45) is 1.79. The van der Waals surface area contributed by atoms with Crippen LogP contribution in [0.1, 0.15) is 13.8 Å². The summed E-state index contributed by atoms with van der Waals surface area (Å²) >= 11 is 6.32. The van der Waals surface area contributed by atoms with Gasteiger partial charge in [-0.25, -0.2) is 9.97 Å². The maximum atomic E-state index is 6.32. The molecule has 3 heterocycles. The van der Waals surface area contributed by atoms with Crippen molar-refractivity contribution in [2.75, 3.05) is 18.1 Å². The Hall–Kier alpha value is -3.36. The molecule has 162 valence electrons. The maximum Gasteiger partial charge on any atom is 0.226 e. The van der Waals surface area contributed by atoms with Crippen molar-refractivity contribution in [2.45, 2.75) is 25.9 Å². The van der Waals surface area contributed by atoms with Crippen molar-refractivity contribution in [1.82, 2.24) is 30.2 Å². The summed E-state index contributed by atoms with van der Waals surface area (Å²) < 4.78 is 7.37. The van der Waals surface area contributed by atoms with Crippen molar-refractivity contribution in [3.8, 4) is 28.3 Å². The van der Waals surface area contributed by atoms with Crippen LogP contribution in [0.5, 0.6) is 0 Å². The summed E-state index contributed by atoms with van der Waals surface area (Å²) in [6, 6.07) is 17.7. The minimum Gasteiger partial charge on any atom is -0.377 e. The van der Waals surface area contributed by atoms with Gasteiger partial charge in [0.2, 0.25) is 5.95 Å². The highest BCUT2D eigenvalue weighted by Gasteiger charge is 2.29. The standard InChI is InChI=1S/C23H22ClN7O/c1-15-13-32-14-16(2)30(15)23-25-12-20(21(26-23)17-7-6-8-18(24)11-17)22-27-28-29-31(22)19-9-4-3-5-10-19/h3-12,15-16H,13-14H2,1-2H3. The largest absolute Gasteiger partial charge is 0.377 e. The second-order valence-corrected chi connectivity index (χ2v) is 8.27. The number of ether oxygens (including phenoxy) is 1. The number of rotatable bonds is 4. The molecular weight excluding hydrogens is 426 g/mol. The molecule has 5 rings (SSSR count). The van der Waals surface area contributed by atoms with Crippen LogP contribution >= 0.6 is 11.6 Å². The first-order chi connectivity index (χ1) is 15.6. The molecule has 8 nitrogen and oxygen atoms in total. The highest BCUT2D eigenvalue weighted by Crippen LogP contribution is 2.33. The van der Waals surface area contributed by atoms with Gasteiger partial charge in [0.1, 0.15) is 0 Å². The molecule has 2 aromatic carbocycles. The van der Waals surface area contributed by atoms with E-state index < -0.39 is 0 Å². The van der Waals surface area contributed by atoms with Crippen molar-refractivity contribution in [3.63, 3.8) is 0 Å². The number of nitrogens with zero attached hydrogens (tertiary/aromatic N) is 7. The topological polar surface area (TPSA) is 81.9 Å². The molecule has 0 radical (unpaired) electrons. The first-order valence-electron chi connectivity index (χ1n) is 10.4. The number of hydrogen-bond acceptors (Lipinski definition) is 7. The molecule has 1 aliphatic rings. The molecule has 0 bridgehead atoms. The molecule has 2 aromatic heterocycles. The molecule has 0 N–H and O–H groups in total. The Morgan fingerprint density at radius 3 is 2.53 bits per heavy atom. The Kier molecular flexibility index (Phi) is 5.55. The molecule has 2 unspecified atom stereocenters. The molecule has 0 aliphatic carbocycles. The summed E-state index contributed by atoms with van der Waals surface area (Å²) in [6.45, 7) is 5.49. The average Bonchev–Trinajstić information content (AvgIpc) is 3.29. The maximum absolute atomic E-state index is 6.32. The quantitative estimate of drug-likeness (QED) is 0.466. The Morgan fingerprint density at radius 1 is 1.00 bits per heavy atom. The number of benzene rings is 2. The summed E-state index contributed by atoms with van der Waals surface area (Å²) in [5.74, 6) is 1.20. The lowest BCUT2D eigenvalue weighted by molar-refractivity contribution is 0.0747. The molecule has 4 aromatic rings. The molecule has 9 heteroatoms. The van der Waals surface area contributed by atoms with Crippen LogP contribution in [-0.2, 0) is 4.74 Å². The summed E-state index contributed by atoms with van der Waals surface area (Å²) in [7, 11) is 0. The Bertz CT molecular complexity index is 1220. The highest BCUT2D eigenvalue weighted by atomic mass is 35.5. The smallest absolute Gasteiger partial charge is 0.226 e. The van der Waals surface area contributed by atoms with Crippen LogP contribution in [0.25, 0.3) is 28.3 Å². The van der Waals surface area contributed by atoms with Gasteiger partial charge in [-0.2, -0.15) is 4.68 Å². The fourth-order valence-corrected chi connectivity index (χ4v) is 4.20. The van der Waals surface area contributed by atoms with Crippen LogP contribution in [0.2, 0.25) is 5.02 Å². The van der Waals surface area contributed by atoms with Crippen LogP contribution in [0.15, 0.2) is 60.8 Å². The van der Waals surface area contributed by atoms with Crippen LogP contribution in [0, 0.1) is 0 Å². The molecule has 1 saturated heterocycles. The van der Waals surface area contributed by atoms with E-state index in [1.54, 1.807) is 10.9 Å². The van der Waals surface area contributed by atoms with Gasteiger partial charge in [0.25, 0.3) is 0 Å². The van der Waals surface area contributed by atoms with Crippen molar-refractivity contribution in [1.29, 1.82) is 0 Å². The number of anilines is 1. The minimum atomic E-state index is 0.159. The van der Waals surface area contributed by atoms with E-state index in [2.05, 4.69) is 34.3 Å². The lowest BCUT2D eigenvalue weighted by Gasteiger charge is -2.38. The van der Waals surface area contributed by atoms with E-state index in [-0.39, 0.29) is 12.1 Å². The highest BCUT2D eigenvalue weighted by molar-refractivity contribution is 6.30. The third-order valence-corrected chi connectivity index (χ3v) is 5.72. The summed E-state index contributed by atoms with van der Waals surface area (Å²) in [5.41, 5.74) is 3.16. The van der Waals surface area contributed by atoms with Gasteiger partial charge in [-0.1, -0.05) is 41.9 Å². The van der Waals surface area contributed by atoms with E-state index in [0.29, 0.717) is 30.0 Å². The first kappa shape index (κ1) is 20.5. The minimum absolute atomic E-state index is 0.159. The van der Waals surface area contributed by atoms with Crippen molar-refractivity contribution in [2.24, 2.45) is 0 Å². The van der Waals surface area contributed by atoms with Gasteiger partial charge in [0, 0.05) is 16.8 Å². The molecule has 1 fully saturated rings. The number of aromatic nitrogens is 6. The molecule has 0 saturated carbocycles. The third-order valence-electron chi connectivity index (χ3n) is 5.48. The zero-order valence-electron chi connectivity index (χ0n) is 17.8. The van der Waals surface area contributed by atoms with Gasteiger partial charge >= 0.3 is 0 Å². The zero-order chi connectivity index (χ0) is 22.1. The van der Waals surface area contributed by atoms with Gasteiger partial charge in [0.05, 0.1) is 42.2 Å². The molecule has 32 heavy (non-hydrogen) atoms. The van der Waals surface area contributed by atoms with E-state index in [1.165, 1.54) is 0 Å². The van der Waals surface area contributed by atoms with Crippen molar-refractivity contribution in [3.05, 3.63) is 65.8 Å². The molecule has 2 atom stereocenters. The molecule has 0 amide bonds. The number of para-hydroxylation sites is 1. The zero-order valence-corrected chi connectivity index (χ0v) is 18.5. The fourth-order valence-electron chi connectivity index (χ4n) is 4.01. The number of halogens is 1. The van der Waals surface area contributed by atoms with Gasteiger partial charge in [0.15, 0.2) is 5.82 Å². The molecular formula is C23H22ClN7O. The number of morpholine rings is 1. The molecule has 1 aliphatic heterocycles. The van der Waals surface area contributed by atoms with E-state index in [9.17, 15) is 0 Å². The summed E-state index contributed by atoms with van der Waals surface area (Å²) in [4.78, 5) is 11.9. The number of hydrogen-bond donors (Lipinski definition) is 0. The van der Waals surface area contributed by atoms with Crippen LogP contribution < -0.4 is 4.90 Å². The average molecular weight is 448 g/mol. The second kappa shape index (κ2) is 8.64. The van der Waals surface area contributed by atoms with Gasteiger partial charge in [-0.15, -0.1) is 5.10 Å². The lowest BCUT2D eigenvalue weighted by atomic mass is 10.1. The monoisotopic (exact) mass is 447 g/mol. The van der Waals surface area contributed by atoms with Gasteiger partial charge in [-0.3, -0.25) is 0 Å². The van der Waals surface area contributed by atoms with Crippen LogP contribution in [0.3, 0.4) is 0 Å². The van der Waals surface area contributed by atoms with E-state index >= 15 is 0 Å². The van der Waals surface area contributed by atoms with Gasteiger partial charge in [-0.05, 0) is 48.5 Å². The Labute approximate surface area is 190 Å².